The van der Waals surface area contributed by atoms with Crippen LogP contribution in [0.5, 0.6) is 0 Å². The van der Waals surface area contributed by atoms with E-state index in [0.29, 0.717) is 0 Å². The van der Waals surface area contributed by atoms with Crippen molar-refractivity contribution in [1.82, 2.24) is 0 Å². The molecular weight excluding hydrogens is 156 g/mol. The summed E-state index contributed by atoms with van der Waals surface area (Å²) >= 11 is 4.43. The normalized spacial score (nSPS) is 28.1. The summed E-state index contributed by atoms with van der Waals surface area (Å²) in [6.45, 7) is 0. The molecule has 54 valence electrons. The maximum atomic E-state index is 10.8. The summed E-state index contributed by atoms with van der Waals surface area (Å²) in [5, 5.41) is -0.0903. The fourth-order valence-corrected chi connectivity index (χ4v) is 2.69. The Kier molecular flexibility index (Phi) is 2.08. The molecular formula is C5H10O2S2. The highest BCUT2D eigenvalue weighted by molar-refractivity contribution is 8.30. The Hall–Kier alpha value is 0.330. The highest BCUT2D eigenvalue weighted by Crippen LogP contribution is 2.23. The van der Waals surface area contributed by atoms with E-state index in [1.54, 1.807) is 0 Å². The lowest BCUT2D eigenvalue weighted by atomic mass is 10.4. The van der Waals surface area contributed by atoms with Crippen LogP contribution in [-0.4, -0.2) is 14.0 Å². The summed E-state index contributed by atoms with van der Waals surface area (Å²) in [5.41, 5.74) is 0. The average molecular weight is 166 g/mol. The lowest BCUT2D eigenvalue weighted by Crippen LogP contribution is -2.14. The maximum absolute atomic E-state index is 10.8. The minimum atomic E-state index is -2.87. The molecule has 0 spiro atoms. The van der Waals surface area contributed by atoms with E-state index in [-0.39, 0.29) is 5.25 Å². The summed E-state index contributed by atoms with van der Waals surface area (Å²) in [6, 6.07) is 0. The number of rotatable bonds is 1. The van der Waals surface area contributed by atoms with Gasteiger partial charge in [-0.05, 0) is 12.8 Å². The van der Waals surface area contributed by atoms with E-state index in [2.05, 4.69) is 11.2 Å². The molecule has 2 nitrogen and oxygen atoms in total. The van der Waals surface area contributed by atoms with Crippen LogP contribution in [0, 0.1) is 0 Å². The Morgan fingerprint density at radius 3 is 2.11 bits per heavy atom. The summed E-state index contributed by atoms with van der Waals surface area (Å²) in [4.78, 5) is 0. The van der Waals surface area contributed by atoms with Gasteiger partial charge in [-0.15, -0.1) is 0 Å². The molecule has 4 heteroatoms. The molecule has 0 heterocycles. The van der Waals surface area contributed by atoms with Gasteiger partial charge >= 0.3 is 0 Å². The van der Waals surface area contributed by atoms with Gasteiger partial charge in [-0.2, -0.15) is 0 Å². The summed E-state index contributed by atoms with van der Waals surface area (Å²) < 4.78 is 19.6. The second kappa shape index (κ2) is 2.52. The van der Waals surface area contributed by atoms with Crippen LogP contribution in [0.25, 0.3) is 0 Å². The molecule has 0 bridgehead atoms. The van der Waals surface area contributed by atoms with Gasteiger partial charge in [-0.3, -0.25) is 0 Å². The quantitative estimate of drug-likeness (QED) is 0.635. The van der Waals surface area contributed by atoms with Crippen molar-refractivity contribution in [3.63, 3.8) is 0 Å². The lowest BCUT2D eigenvalue weighted by molar-refractivity contribution is 0.544. The van der Waals surface area contributed by atoms with Gasteiger partial charge in [0.15, 0.2) is 0 Å². The van der Waals surface area contributed by atoms with E-state index in [1.807, 2.05) is 0 Å². The van der Waals surface area contributed by atoms with E-state index < -0.39 is 8.77 Å². The molecule has 1 atom stereocenters. The topological polar surface area (TPSA) is 37.3 Å². The van der Waals surface area contributed by atoms with Crippen LogP contribution in [-0.2, 0) is 20.0 Å². The van der Waals surface area contributed by atoms with Gasteiger partial charge in [0.05, 0.1) is 5.25 Å². The van der Waals surface area contributed by atoms with E-state index >= 15 is 0 Å². The molecule has 0 radical (unpaired) electrons. The van der Waals surface area contributed by atoms with Crippen molar-refractivity contribution in [2.75, 3.05) is 0 Å². The van der Waals surface area contributed by atoms with Crippen molar-refractivity contribution in [2.45, 2.75) is 30.9 Å². The predicted molar refractivity (Wildman–Crippen MR) is 40.4 cm³/mol. The molecule has 1 rings (SSSR count). The fraction of sp³-hybridized carbons (Fsp3) is 1.00. The Morgan fingerprint density at radius 1 is 1.44 bits per heavy atom. The van der Waals surface area contributed by atoms with Crippen molar-refractivity contribution in [3.8, 4) is 0 Å². The van der Waals surface area contributed by atoms with Crippen molar-refractivity contribution >= 4 is 20.0 Å². The van der Waals surface area contributed by atoms with Gasteiger partial charge < -0.3 is 4.55 Å². The molecule has 1 saturated carbocycles. The second-order valence-corrected chi connectivity index (χ2v) is 5.55. The smallest absolute Gasteiger partial charge is 0.144 e. The van der Waals surface area contributed by atoms with Crippen LogP contribution >= 0.6 is 0 Å². The third-order valence-corrected chi connectivity index (χ3v) is 3.85. The lowest BCUT2D eigenvalue weighted by Gasteiger charge is -2.04. The largest absolute Gasteiger partial charge is 0.305 e. The molecule has 0 amide bonds. The van der Waals surface area contributed by atoms with E-state index in [9.17, 15) is 4.21 Å². The molecule has 0 aromatic carbocycles. The Bertz CT molecular complexity index is 177. The van der Waals surface area contributed by atoms with Crippen molar-refractivity contribution in [3.05, 3.63) is 0 Å². The molecule has 1 N–H and O–H groups in total. The SMILES string of the molecule is O=S(O)(=S)C1CCCC1. The predicted octanol–water partition coefficient (Wildman–Crippen LogP) is 1.15. The molecule has 1 fully saturated rings. The minimum Gasteiger partial charge on any atom is -0.305 e. The zero-order chi connectivity index (χ0) is 6.91. The zero-order valence-corrected chi connectivity index (χ0v) is 6.71. The van der Waals surface area contributed by atoms with E-state index in [4.69, 9.17) is 4.55 Å². The summed E-state index contributed by atoms with van der Waals surface area (Å²) in [7, 11) is -2.87. The summed E-state index contributed by atoms with van der Waals surface area (Å²) in [6.07, 6.45) is 3.83. The fourth-order valence-electron chi connectivity index (χ4n) is 1.19. The van der Waals surface area contributed by atoms with Gasteiger partial charge in [-0.25, -0.2) is 4.21 Å². The number of hydrogen-bond donors (Lipinski definition) is 1. The first kappa shape index (κ1) is 7.44. The first-order valence-corrected chi connectivity index (χ1v) is 5.57. The van der Waals surface area contributed by atoms with Crippen LogP contribution < -0.4 is 0 Å². The maximum Gasteiger partial charge on any atom is 0.144 e. The molecule has 0 saturated heterocycles. The highest BCUT2D eigenvalue weighted by atomic mass is 32.8. The van der Waals surface area contributed by atoms with Crippen LogP contribution in [0.3, 0.4) is 0 Å². The Labute approximate surface area is 60.1 Å². The van der Waals surface area contributed by atoms with Crippen LogP contribution in [0.4, 0.5) is 0 Å². The van der Waals surface area contributed by atoms with Gasteiger partial charge in [0, 0.05) is 11.2 Å². The molecule has 1 aliphatic rings. The van der Waals surface area contributed by atoms with Crippen molar-refractivity contribution in [2.24, 2.45) is 0 Å². The van der Waals surface area contributed by atoms with Crippen LogP contribution in [0.15, 0.2) is 0 Å². The third-order valence-electron chi connectivity index (χ3n) is 1.72. The van der Waals surface area contributed by atoms with Crippen molar-refractivity contribution in [1.29, 1.82) is 0 Å². The summed E-state index contributed by atoms with van der Waals surface area (Å²) in [5.74, 6) is 0. The van der Waals surface area contributed by atoms with Gasteiger partial charge in [-0.1, -0.05) is 12.8 Å². The molecule has 0 aliphatic heterocycles. The number of hydrogen-bond acceptors (Lipinski definition) is 2. The van der Waals surface area contributed by atoms with Crippen molar-refractivity contribution < 1.29 is 8.76 Å². The molecule has 1 aliphatic carbocycles. The first-order chi connectivity index (χ1) is 4.11. The average Bonchev–Trinajstić information content (AvgIpc) is 2.08. The highest BCUT2D eigenvalue weighted by Gasteiger charge is 2.22. The Morgan fingerprint density at radius 2 is 1.89 bits per heavy atom. The monoisotopic (exact) mass is 166 g/mol. The standard InChI is InChI=1S/C5H10O2S2/c6-9(7,8)5-3-1-2-4-5/h5H,1-4H2,(H,6,7,8). The third kappa shape index (κ3) is 1.88. The van der Waals surface area contributed by atoms with Gasteiger partial charge in [0.25, 0.3) is 0 Å². The van der Waals surface area contributed by atoms with Crippen LogP contribution in [0.1, 0.15) is 25.7 Å². The zero-order valence-electron chi connectivity index (χ0n) is 5.08. The van der Waals surface area contributed by atoms with Gasteiger partial charge in [0.2, 0.25) is 0 Å². The molecule has 1 unspecified atom stereocenters. The molecule has 9 heavy (non-hydrogen) atoms. The Balaban J connectivity index is 2.63. The second-order valence-electron chi connectivity index (χ2n) is 2.42. The van der Waals surface area contributed by atoms with Gasteiger partial charge in [0.1, 0.15) is 8.77 Å². The van der Waals surface area contributed by atoms with E-state index in [0.717, 1.165) is 25.7 Å². The van der Waals surface area contributed by atoms with Crippen LogP contribution in [0.2, 0.25) is 0 Å². The molecule has 0 aromatic heterocycles. The van der Waals surface area contributed by atoms with E-state index in [1.165, 1.54) is 0 Å². The molecule has 0 aromatic rings. The first-order valence-electron chi connectivity index (χ1n) is 3.07. The minimum absolute atomic E-state index is 0.0903.